The number of hydrogen-bond donors (Lipinski definition) is 4. The van der Waals surface area contributed by atoms with E-state index in [1.807, 2.05) is 0 Å². The first-order valence-corrected chi connectivity index (χ1v) is 8.69. The van der Waals surface area contributed by atoms with Gasteiger partial charge in [-0.1, -0.05) is 17.8 Å². The highest BCUT2D eigenvalue weighted by molar-refractivity contribution is 7.99. The number of hydrogen-bond acceptors (Lipinski definition) is 7. The van der Waals surface area contributed by atoms with Crippen molar-refractivity contribution in [2.75, 3.05) is 16.8 Å². The molecule has 0 aliphatic heterocycles. The molecular formula is C12H13N5O4S2. The molecule has 0 bridgehead atoms. The normalized spacial score (nSPS) is 11.2. The first-order valence-electron chi connectivity index (χ1n) is 6.16. The van der Waals surface area contributed by atoms with E-state index in [1.54, 1.807) is 0 Å². The summed E-state index contributed by atoms with van der Waals surface area (Å²) in [5.74, 6) is -0.407. The maximum absolute atomic E-state index is 11.9. The van der Waals surface area contributed by atoms with E-state index in [9.17, 15) is 18.0 Å². The summed E-state index contributed by atoms with van der Waals surface area (Å²) >= 11 is 0.984. The number of aromatic amines is 1. The van der Waals surface area contributed by atoms with Crippen LogP contribution in [-0.4, -0.2) is 30.0 Å². The van der Waals surface area contributed by atoms with E-state index in [0.29, 0.717) is 0 Å². The van der Waals surface area contributed by atoms with Gasteiger partial charge < -0.3 is 16.0 Å². The lowest BCUT2D eigenvalue weighted by Crippen LogP contribution is -2.17. The predicted molar refractivity (Wildman–Crippen MR) is 86.4 cm³/mol. The quantitative estimate of drug-likeness (QED) is 0.424. The Labute approximate surface area is 135 Å². The van der Waals surface area contributed by atoms with Crippen LogP contribution in [0, 0.1) is 0 Å². The number of amides is 1. The van der Waals surface area contributed by atoms with Crippen LogP contribution in [0.4, 0.5) is 11.5 Å². The Morgan fingerprint density at radius 1 is 1.35 bits per heavy atom. The van der Waals surface area contributed by atoms with Gasteiger partial charge in [0.1, 0.15) is 5.82 Å². The summed E-state index contributed by atoms with van der Waals surface area (Å²) < 4.78 is 22.5. The number of primary sulfonamides is 1. The van der Waals surface area contributed by atoms with Crippen LogP contribution in [0.3, 0.4) is 0 Å². The van der Waals surface area contributed by atoms with Crippen molar-refractivity contribution in [1.82, 2.24) is 9.97 Å². The van der Waals surface area contributed by atoms with Gasteiger partial charge in [0.15, 0.2) is 5.16 Å². The fourth-order valence-corrected chi connectivity index (χ4v) is 2.85. The molecule has 2 rings (SSSR count). The highest BCUT2D eigenvalue weighted by Crippen LogP contribution is 2.16. The van der Waals surface area contributed by atoms with E-state index in [4.69, 9.17) is 10.9 Å². The van der Waals surface area contributed by atoms with Crippen LogP contribution in [0.2, 0.25) is 0 Å². The van der Waals surface area contributed by atoms with Crippen LogP contribution in [0.5, 0.6) is 0 Å². The van der Waals surface area contributed by atoms with Crippen molar-refractivity contribution in [3.63, 3.8) is 0 Å². The number of carbonyl (C=O) groups excluding carboxylic acids is 1. The minimum absolute atomic E-state index is 0.0496. The van der Waals surface area contributed by atoms with Crippen molar-refractivity contribution >= 4 is 39.2 Å². The highest BCUT2D eigenvalue weighted by Gasteiger charge is 2.10. The molecular weight excluding hydrogens is 342 g/mol. The highest BCUT2D eigenvalue weighted by atomic mass is 32.2. The van der Waals surface area contributed by atoms with Crippen molar-refractivity contribution in [3.05, 3.63) is 40.7 Å². The molecule has 1 aromatic carbocycles. The molecule has 1 aromatic heterocycles. The lowest BCUT2D eigenvalue weighted by atomic mass is 10.3. The third-order valence-corrected chi connectivity index (χ3v) is 4.31. The zero-order valence-electron chi connectivity index (χ0n) is 11.6. The molecule has 0 fully saturated rings. The predicted octanol–water partition coefficient (Wildman–Crippen LogP) is -0.270. The molecule has 0 atom stereocenters. The Hall–Kier alpha value is -2.37. The van der Waals surface area contributed by atoms with Crippen molar-refractivity contribution < 1.29 is 13.2 Å². The Morgan fingerprint density at radius 3 is 2.74 bits per heavy atom. The number of thioether (sulfide) groups is 1. The summed E-state index contributed by atoms with van der Waals surface area (Å²) in [5.41, 5.74) is 5.31. The summed E-state index contributed by atoms with van der Waals surface area (Å²) in [6, 6.07) is 6.68. The molecule has 23 heavy (non-hydrogen) atoms. The van der Waals surface area contributed by atoms with Crippen molar-refractivity contribution in [2.45, 2.75) is 10.1 Å². The number of nitrogens with two attached hydrogens (primary N) is 2. The topological polar surface area (TPSA) is 161 Å². The van der Waals surface area contributed by atoms with Gasteiger partial charge >= 0.3 is 0 Å². The molecule has 122 valence electrons. The molecule has 9 nitrogen and oxygen atoms in total. The van der Waals surface area contributed by atoms with Gasteiger partial charge in [0.25, 0.3) is 5.56 Å². The number of anilines is 2. The van der Waals surface area contributed by atoms with Crippen molar-refractivity contribution in [2.24, 2.45) is 5.14 Å². The molecule has 0 spiro atoms. The second-order valence-corrected chi connectivity index (χ2v) is 6.91. The van der Waals surface area contributed by atoms with Gasteiger partial charge in [-0.3, -0.25) is 9.59 Å². The molecule has 0 saturated heterocycles. The molecule has 0 aliphatic carbocycles. The molecule has 11 heteroatoms. The van der Waals surface area contributed by atoms with E-state index in [-0.39, 0.29) is 27.3 Å². The number of nitrogens with one attached hydrogen (secondary N) is 2. The Bertz CT molecular complexity index is 894. The van der Waals surface area contributed by atoms with E-state index in [2.05, 4.69) is 15.3 Å². The second kappa shape index (κ2) is 6.81. The minimum atomic E-state index is -3.85. The summed E-state index contributed by atoms with van der Waals surface area (Å²) in [6.07, 6.45) is 0. The van der Waals surface area contributed by atoms with Gasteiger partial charge in [0.05, 0.1) is 10.6 Å². The SMILES string of the molecule is Nc1cc(=O)[nH]c(SCC(=O)Nc2cccc(S(N)(=O)=O)c2)n1. The summed E-state index contributed by atoms with van der Waals surface area (Å²) in [6.45, 7) is 0. The molecule has 1 amide bonds. The lowest BCUT2D eigenvalue weighted by molar-refractivity contribution is -0.113. The van der Waals surface area contributed by atoms with E-state index in [0.717, 1.165) is 17.8 Å². The van der Waals surface area contributed by atoms with Gasteiger partial charge in [0, 0.05) is 11.8 Å². The molecule has 2 aromatic rings. The number of benzene rings is 1. The average Bonchev–Trinajstić information content (AvgIpc) is 2.43. The summed E-state index contributed by atoms with van der Waals surface area (Å²) in [4.78, 5) is 29.3. The number of sulfonamides is 1. The monoisotopic (exact) mass is 355 g/mol. The number of nitrogens with zero attached hydrogens (tertiary/aromatic N) is 1. The van der Waals surface area contributed by atoms with Crippen LogP contribution >= 0.6 is 11.8 Å². The summed E-state index contributed by atoms with van der Waals surface area (Å²) in [5, 5.41) is 7.76. The fraction of sp³-hybridized carbons (Fsp3) is 0.0833. The van der Waals surface area contributed by atoms with Crippen LogP contribution in [0.15, 0.2) is 45.2 Å². The first kappa shape index (κ1) is 17.0. The van der Waals surface area contributed by atoms with Gasteiger partial charge in [0.2, 0.25) is 15.9 Å². The number of rotatable bonds is 5. The van der Waals surface area contributed by atoms with Crippen LogP contribution in [0.25, 0.3) is 0 Å². The largest absolute Gasteiger partial charge is 0.383 e. The van der Waals surface area contributed by atoms with Crippen molar-refractivity contribution in [3.8, 4) is 0 Å². The van der Waals surface area contributed by atoms with Gasteiger partial charge in [-0.25, -0.2) is 18.5 Å². The average molecular weight is 355 g/mol. The van der Waals surface area contributed by atoms with Gasteiger partial charge in [-0.15, -0.1) is 0 Å². The molecule has 0 saturated carbocycles. The third kappa shape index (κ3) is 5.09. The van der Waals surface area contributed by atoms with Gasteiger partial charge in [-0.2, -0.15) is 0 Å². The van der Waals surface area contributed by atoms with E-state index >= 15 is 0 Å². The Kier molecular flexibility index (Phi) is 5.03. The molecule has 0 aliphatic rings. The van der Waals surface area contributed by atoms with E-state index in [1.165, 1.54) is 24.3 Å². The number of H-pyrrole nitrogens is 1. The van der Waals surface area contributed by atoms with Gasteiger partial charge in [-0.05, 0) is 18.2 Å². The van der Waals surface area contributed by atoms with Crippen molar-refractivity contribution in [1.29, 1.82) is 0 Å². The lowest BCUT2D eigenvalue weighted by Gasteiger charge is -2.06. The maximum atomic E-state index is 11.9. The molecule has 0 unspecified atom stereocenters. The molecule has 0 radical (unpaired) electrons. The first-order chi connectivity index (χ1) is 10.7. The number of nitrogen functional groups attached to an aromatic ring is 1. The number of aromatic nitrogens is 2. The molecule has 6 N–H and O–H groups in total. The van der Waals surface area contributed by atoms with Crippen LogP contribution in [0.1, 0.15) is 0 Å². The third-order valence-electron chi connectivity index (χ3n) is 2.53. The van der Waals surface area contributed by atoms with E-state index < -0.39 is 21.5 Å². The smallest absolute Gasteiger partial charge is 0.253 e. The maximum Gasteiger partial charge on any atom is 0.253 e. The minimum Gasteiger partial charge on any atom is -0.383 e. The zero-order chi connectivity index (χ0) is 17.0. The standard InChI is InChI=1S/C12H13N5O4S2/c13-9-5-10(18)17-12(16-9)22-6-11(19)15-7-2-1-3-8(4-7)23(14,20)21/h1-5H,6H2,(H,15,19)(H2,14,20,21)(H3,13,16,17,18). The fourth-order valence-electron chi connectivity index (χ4n) is 1.60. The number of carbonyl (C=O) groups is 1. The summed E-state index contributed by atoms with van der Waals surface area (Å²) in [7, 11) is -3.85. The molecule has 1 heterocycles. The van der Waals surface area contributed by atoms with Crippen LogP contribution in [-0.2, 0) is 14.8 Å². The Balaban J connectivity index is 2.01. The second-order valence-electron chi connectivity index (χ2n) is 4.39. The zero-order valence-corrected chi connectivity index (χ0v) is 13.3. The van der Waals surface area contributed by atoms with Crippen LogP contribution < -0.4 is 21.7 Å². The Morgan fingerprint density at radius 2 is 2.09 bits per heavy atom.